The van der Waals surface area contributed by atoms with Crippen LogP contribution in [0.5, 0.6) is 0 Å². The van der Waals surface area contributed by atoms with E-state index >= 15 is 0 Å². The third-order valence-electron chi connectivity index (χ3n) is 3.73. The van der Waals surface area contributed by atoms with E-state index in [1.807, 2.05) is 24.3 Å². The number of aryl methyl sites for hydroxylation is 2. The van der Waals surface area contributed by atoms with Crippen LogP contribution in [-0.4, -0.2) is 28.6 Å². The van der Waals surface area contributed by atoms with Crippen molar-refractivity contribution < 1.29 is 18.8 Å². The van der Waals surface area contributed by atoms with E-state index in [2.05, 4.69) is 31.4 Å². The van der Waals surface area contributed by atoms with E-state index in [4.69, 9.17) is 9.26 Å². The molecule has 0 spiro atoms. The fraction of sp³-hybridized carbons (Fsp3) is 0.263. The first-order chi connectivity index (χ1) is 13.5. The monoisotopic (exact) mass is 463 g/mol. The van der Waals surface area contributed by atoms with Gasteiger partial charge in [-0.05, 0) is 37.6 Å². The minimum absolute atomic E-state index is 0.160. The summed E-state index contributed by atoms with van der Waals surface area (Å²) in [5.74, 6) is 0.219. The normalized spacial score (nSPS) is 10.7. The van der Waals surface area contributed by atoms with Crippen LogP contribution >= 0.6 is 27.3 Å². The summed E-state index contributed by atoms with van der Waals surface area (Å²) >= 11 is 4.69. The summed E-state index contributed by atoms with van der Waals surface area (Å²) in [6.07, 6.45) is 0.485. The number of carbonyl (C=O) groups is 2. The van der Waals surface area contributed by atoms with Crippen molar-refractivity contribution in [3.63, 3.8) is 0 Å². The molecule has 2 aromatic heterocycles. The SMILES string of the molecule is CCOC(=O)c1sc(-c2ccc(Br)cc2)cc1NC(=O)CCc1nc(C)no1. The van der Waals surface area contributed by atoms with Gasteiger partial charge in [0.2, 0.25) is 11.8 Å². The number of aromatic nitrogens is 2. The van der Waals surface area contributed by atoms with Gasteiger partial charge in [-0.25, -0.2) is 4.79 Å². The van der Waals surface area contributed by atoms with Crippen LogP contribution < -0.4 is 5.32 Å². The Morgan fingerprint density at radius 1 is 1.29 bits per heavy atom. The highest BCUT2D eigenvalue weighted by atomic mass is 79.9. The molecule has 3 rings (SSSR count). The van der Waals surface area contributed by atoms with Crippen LogP contribution in [0.25, 0.3) is 10.4 Å². The number of amides is 1. The largest absolute Gasteiger partial charge is 0.462 e. The second-order valence-corrected chi connectivity index (χ2v) is 7.83. The summed E-state index contributed by atoms with van der Waals surface area (Å²) in [4.78, 5) is 30.0. The van der Waals surface area contributed by atoms with Crippen LogP contribution in [0, 0.1) is 6.92 Å². The first-order valence-corrected chi connectivity index (χ1v) is 10.2. The third-order valence-corrected chi connectivity index (χ3v) is 5.42. The van der Waals surface area contributed by atoms with Crippen LogP contribution in [0.3, 0.4) is 0 Å². The van der Waals surface area contributed by atoms with Crippen molar-refractivity contribution in [1.29, 1.82) is 0 Å². The van der Waals surface area contributed by atoms with Gasteiger partial charge in [-0.15, -0.1) is 11.3 Å². The Balaban J connectivity index is 1.78. The number of nitrogens with zero attached hydrogens (tertiary/aromatic N) is 2. The number of esters is 1. The molecular formula is C19H18BrN3O4S. The first kappa shape index (κ1) is 20.2. The van der Waals surface area contributed by atoms with Crippen molar-refractivity contribution in [3.05, 3.63) is 51.4 Å². The predicted molar refractivity (Wildman–Crippen MR) is 109 cm³/mol. The van der Waals surface area contributed by atoms with Gasteiger partial charge in [-0.3, -0.25) is 4.79 Å². The first-order valence-electron chi connectivity index (χ1n) is 8.62. The van der Waals surface area contributed by atoms with Gasteiger partial charge < -0.3 is 14.6 Å². The highest BCUT2D eigenvalue weighted by Gasteiger charge is 2.20. The molecule has 3 aromatic rings. The molecule has 0 saturated heterocycles. The molecule has 1 amide bonds. The lowest BCUT2D eigenvalue weighted by Crippen LogP contribution is -2.14. The van der Waals surface area contributed by atoms with E-state index in [0.29, 0.717) is 28.7 Å². The van der Waals surface area contributed by atoms with Gasteiger partial charge in [0.25, 0.3) is 0 Å². The number of carbonyl (C=O) groups excluding carboxylic acids is 2. The molecule has 9 heteroatoms. The molecule has 0 fully saturated rings. The average Bonchev–Trinajstić information content (AvgIpc) is 3.27. The molecule has 0 unspecified atom stereocenters. The zero-order chi connectivity index (χ0) is 20.1. The number of halogens is 1. The Bertz CT molecular complexity index is 981. The van der Waals surface area contributed by atoms with Crippen LogP contribution in [0.2, 0.25) is 0 Å². The molecule has 1 aromatic carbocycles. The molecule has 0 radical (unpaired) electrons. The summed E-state index contributed by atoms with van der Waals surface area (Å²) in [6, 6.07) is 9.51. The van der Waals surface area contributed by atoms with Crippen LogP contribution in [0.1, 0.15) is 34.7 Å². The lowest BCUT2D eigenvalue weighted by Gasteiger charge is -2.05. The zero-order valence-corrected chi connectivity index (χ0v) is 17.7. The van der Waals surface area contributed by atoms with Crippen molar-refractivity contribution in [1.82, 2.24) is 10.1 Å². The van der Waals surface area contributed by atoms with E-state index in [1.54, 1.807) is 19.9 Å². The van der Waals surface area contributed by atoms with Crippen molar-refractivity contribution in [3.8, 4) is 10.4 Å². The molecular weight excluding hydrogens is 446 g/mol. The molecule has 7 nitrogen and oxygen atoms in total. The number of nitrogens with one attached hydrogen (secondary N) is 1. The van der Waals surface area contributed by atoms with Gasteiger partial charge >= 0.3 is 5.97 Å². The Kier molecular flexibility index (Phi) is 6.58. The van der Waals surface area contributed by atoms with Crippen molar-refractivity contribution in [2.24, 2.45) is 0 Å². The molecule has 0 saturated carbocycles. The van der Waals surface area contributed by atoms with Crippen molar-refractivity contribution in [2.75, 3.05) is 11.9 Å². The van der Waals surface area contributed by atoms with Crippen LogP contribution in [0.4, 0.5) is 5.69 Å². The minimum atomic E-state index is -0.460. The number of thiophene rings is 1. The predicted octanol–water partition coefficient (Wildman–Crippen LogP) is 4.62. The van der Waals surface area contributed by atoms with Gasteiger partial charge in [0.15, 0.2) is 5.82 Å². The van der Waals surface area contributed by atoms with E-state index in [0.717, 1.165) is 14.9 Å². The second kappa shape index (κ2) is 9.11. The fourth-order valence-corrected chi connectivity index (χ4v) is 3.74. The molecule has 0 aliphatic carbocycles. The lowest BCUT2D eigenvalue weighted by atomic mass is 10.2. The minimum Gasteiger partial charge on any atom is -0.462 e. The van der Waals surface area contributed by atoms with Crippen LogP contribution in [0.15, 0.2) is 39.3 Å². The van der Waals surface area contributed by atoms with Gasteiger partial charge in [-0.2, -0.15) is 4.98 Å². The lowest BCUT2D eigenvalue weighted by molar-refractivity contribution is -0.116. The maximum absolute atomic E-state index is 12.4. The summed E-state index contributed by atoms with van der Waals surface area (Å²) in [7, 11) is 0. The number of hydrogen-bond acceptors (Lipinski definition) is 7. The Labute approximate surface area is 174 Å². The Morgan fingerprint density at radius 2 is 2.04 bits per heavy atom. The molecule has 0 bridgehead atoms. The van der Waals surface area contributed by atoms with Gasteiger partial charge in [0.05, 0.1) is 12.3 Å². The molecule has 28 heavy (non-hydrogen) atoms. The number of benzene rings is 1. The topological polar surface area (TPSA) is 94.3 Å². The fourth-order valence-electron chi connectivity index (χ4n) is 2.46. The Hall–Kier alpha value is -2.52. The number of rotatable bonds is 7. The average molecular weight is 464 g/mol. The molecule has 0 aliphatic rings. The summed E-state index contributed by atoms with van der Waals surface area (Å²) in [5.41, 5.74) is 1.38. The maximum atomic E-state index is 12.4. The van der Waals surface area contributed by atoms with Crippen LogP contribution in [-0.2, 0) is 16.0 Å². The highest BCUT2D eigenvalue weighted by Crippen LogP contribution is 2.36. The van der Waals surface area contributed by atoms with Gasteiger partial charge in [0.1, 0.15) is 4.88 Å². The third kappa shape index (κ3) is 5.05. The van der Waals surface area contributed by atoms with Crippen molar-refractivity contribution >= 4 is 44.8 Å². The van der Waals surface area contributed by atoms with Gasteiger partial charge in [-0.1, -0.05) is 33.2 Å². The number of ether oxygens (including phenoxy) is 1. The molecule has 2 heterocycles. The van der Waals surface area contributed by atoms with Gasteiger partial charge in [0, 0.05) is 22.2 Å². The summed E-state index contributed by atoms with van der Waals surface area (Å²) in [6.45, 7) is 3.72. The maximum Gasteiger partial charge on any atom is 0.350 e. The standard InChI is InChI=1S/C19H18BrN3O4S/c1-3-26-19(25)18-14(10-15(28-18)12-4-6-13(20)7-5-12)22-16(24)8-9-17-21-11(2)23-27-17/h4-7,10H,3,8-9H2,1-2H3,(H,22,24). The second-order valence-electron chi connectivity index (χ2n) is 5.86. The Morgan fingerprint density at radius 3 is 2.68 bits per heavy atom. The summed E-state index contributed by atoms with van der Waals surface area (Å²) < 4.78 is 11.1. The van der Waals surface area contributed by atoms with E-state index in [1.165, 1.54) is 11.3 Å². The molecule has 1 N–H and O–H groups in total. The quantitative estimate of drug-likeness (QED) is 0.513. The number of anilines is 1. The molecule has 146 valence electrons. The highest BCUT2D eigenvalue weighted by molar-refractivity contribution is 9.10. The van der Waals surface area contributed by atoms with E-state index < -0.39 is 5.97 Å². The molecule has 0 atom stereocenters. The van der Waals surface area contributed by atoms with Crippen molar-refractivity contribution in [2.45, 2.75) is 26.7 Å². The van der Waals surface area contributed by atoms with E-state index in [-0.39, 0.29) is 18.9 Å². The summed E-state index contributed by atoms with van der Waals surface area (Å²) in [5, 5.41) is 6.50. The zero-order valence-electron chi connectivity index (χ0n) is 15.3. The van der Waals surface area contributed by atoms with E-state index in [9.17, 15) is 9.59 Å². The smallest absolute Gasteiger partial charge is 0.350 e. The number of hydrogen-bond donors (Lipinski definition) is 1. The molecule has 0 aliphatic heterocycles.